The van der Waals surface area contributed by atoms with Crippen LogP contribution in [0.2, 0.25) is 0 Å². The Balaban J connectivity index is 1.64. The monoisotopic (exact) mass is 520 g/mol. The van der Waals surface area contributed by atoms with E-state index in [4.69, 9.17) is 9.47 Å². The molecule has 4 N–H and O–H groups in total. The Labute approximate surface area is 217 Å². The van der Waals surface area contributed by atoms with Gasteiger partial charge in [-0.1, -0.05) is 36.9 Å². The van der Waals surface area contributed by atoms with E-state index >= 15 is 0 Å². The van der Waals surface area contributed by atoms with Crippen molar-refractivity contribution in [3.05, 3.63) is 86.1 Å². The molecule has 198 valence electrons. The van der Waals surface area contributed by atoms with Gasteiger partial charge in [0.25, 0.3) is 5.56 Å². The van der Waals surface area contributed by atoms with Crippen molar-refractivity contribution in [1.29, 1.82) is 0 Å². The van der Waals surface area contributed by atoms with Crippen LogP contribution < -0.4 is 11.2 Å². The van der Waals surface area contributed by atoms with Crippen molar-refractivity contribution < 1.29 is 24.8 Å². The van der Waals surface area contributed by atoms with Crippen molar-refractivity contribution in [3.8, 4) is 11.5 Å². The van der Waals surface area contributed by atoms with E-state index in [1.807, 2.05) is 38.1 Å². The van der Waals surface area contributed by atoms with Gasteiger partial charge in [-0.15, -0.1) is 0 Å². The van der Waals surface area contributed by atoms with Gasteiger partial charge in [-0.2, -0.15) is 4.98 Å². The number of aromatic nitrogens is 4. The van der Waals surface area contributed by atoms with Crippen molar-refractivity contribution in [1.82, 2.24) is 19.5 Å². The largest absolute Gasteiger partial charge is 0.394 e. The number of nitrogens with one attached hydrogen (secondary N) is 1. The Kier molecular flexibility index (Phi) is 6.95. The minimum absolute atomic E-state index is 0.0305. The zero-order valence-corrected chi connectivity index (χ0v) is 20.9. The van der Waals surface area contributed by atoms with Crippen LogP contribution in [0.25, 0.3) is 28.6 Å². The summed E-state index contributed by atoms with van der Waals surface area (Å²) in [5.74, 6) is 0.0305. The summed E-state index contributed by atoms with van der Waals surface area (Å²) in [4.78, 5) is 35.4. The van der Waals surface area contributed by atoms with Gasteiger partial charge in [-0.3, -0.25) is 9.78 Å². The maximum absolute atomic E-state index is 12.6. The van der Waals surface area contributed by atoms with Crippen LogP contribution in [0.4, 0.5) is 0 Å². The molecule has 2 aromatic carbocycles. The number of ether oxygens (including phenoxy) is 2. The molecule has 0 radical (unpaired) electrons. The lowest BCUT2D eigenvalue weighted by Crippen LogP contribution is -2.54. The van der Waals surface area contributed by atoms with Crippen molar-refractivity contribution in [3.63, 3.8) is 0 Å². The maximum atomic E-state index is 12.6. The van der Waals surface area contributed by atoms with Crippen LogP contribution in [0.3, 0.4) is 0 Å². The average Bonchev–Trinajstić information content (AvgIpc) is 2.90. The number of benzene rings is 2. The summed E-state index contributed by atoms with van der Waals surface area (Å²) in [5.41, 5.74) is 2.93. The number of aromatic amines is 1. The SMILES string of the molecule is C=Cc1ccc(C2O[C@H]([C@H](O)CO)[C@@H](O)[C@H](Cn3c4nc(=O)[nH]c(=O)c-4nc4cc(C)c(C)cc43)O2)cc1. The highest BCUT2D eigenvalue weighted by Crippen LogP contribution is 2.34. The number of aliphatic hydroxyl groups excluding tert-OH is 3. The van der Waals surface area contributed by atoms with Gasteiger partial charge >= 0.3 is 5.69 Å². The zero-order valence-electron chi connectivity index (χ0n) is 20.9. The average molecular weight is 521 g/mol. The van der Waals surface area contributed by atoms with Gasteiger partial charge in [-0.05, 0) is 42.7 Å². The topological polar surface area (TPSA) is 160 Å². The molecule has 2 aromatic rings. The summed E-state index contributed by atoms with van der Waals surface area (Å²) >= 11 is 0. The molecule has 3 heterocycles. The van der Waals surface area contributed by atoms with Gasteiger partial charge < -0.3 is 29.4 Å². The predicted molar refractivity (Wildman–Crippen MR) is 139 cm³/mol. The Morgan fingerprint density at radius 3 is 2.53 bits per heavy atom. The zero-order chi connectivity index (χ0) is 27.1. The summed E-state index contributed by atoms with van der Waals surface area (Å²) < 4.78 is 13.7. The summed E-state index contributed by atoms with van der Waals surface area (Å²) in [7, 11) is 0. The first-order valence-corrected chi connectivity index (χ1v) is 12.1. The lowest BCUT2D eigenvalue weighted by Gasteiger charge is -2.41. The van der Waals surface area contributed by atoms with Crippen LogP contribution in [0.5, 0.6) is 0 Å². The normalized spacial score (nSPS) is 22.6. The second-order valence-electron chi connectivity index (χ2n) is 9.41. The van der Waals surface area contributed by atoms with E-state index in [0.717, 1.165) is 16.7 Å². The van der Waals surface area contributed by atoms with Gasteiger partial charge in [0.2, 0.25) is 0 Å². The molecule has 11 nitrogen and oxygen atoms in total. The van der Waals surface area contributed by atoms with Gasteiger partial charge in [0.15, 0.2) is 17.8 Å². The molecule has 0 spiro atoms. The minimum atomic E-state index is -1.39. The second-order valence-corrected chi connectivity index (χ2v) is 9.41. The molecule has 0 aliphatic carbocycles. The number of H-pyrrole nitrogens is 1. The van der Waals surface area contributed by atoms with Gasteiger partial charge in [0.05, 0.1) is 24.2 Å². The molecule has 5 rings (SSSR count). The Hall–Kier alpha value is -3.74. The van der Waals surface area contributed by atoms with Crippen molar-refractivity contribution in [2.24, 2.45) is 0 Å². The van der Waals surface area contributed by atoms with E-state index in [-0.39, 0.29) is 18.1 Å². The summed E-state index contributed by atoms with van der Waals surface area (Å²) in [5, 5.41) is 31.2. The van der Waals surface area contributed by atoms with Crippen LogP contribution in [0, 0.1) is 13.8 Å². The van der Waals surface area contributed by atoms with Crippen LogP contribution in [0.1, 0.15) is 28.5 Å². The Bertz CT molecular complexity index is 1580. The Morgan fingerprint density at radius 1 is 1.13 bits per heavy atom. The van der Waals surface area contributed by atoms with Gasteiger partial charge in [0, 0.05) is 5.56 Å². The molecule has 38 heavy (non-hydrogen) atoms. The highest BCUT2D eigenvalue weighted by molar-refractivity contribution is 5.81. The number of nitrogens with zero attached hydrogens (tertiary/aromatic N) is 3. The third-order valence-corrected chi connectivity index (χ3v) is 6.89. The standard InChI is InChI=1S/C27H28N4O7/c1-4-15-5-7-16(8-6-15)26-37-20(22(34)23(38-26)19(33)12-32)11-31-18-10-14(3)13(2)9-17(18)28-21-24(31)29-27(36)30-25(21)35/h4-10,19-20,22-23,26,32-34H,1,11-12H2,2-3H3,(H,30,35,36)/t19-,20+,22+,23-,26?/m1/s1. The molecular formula is C27H28N4O7. The van der Waals surface area contributed by atoms with Crippen LogP contribution in [-0.2, 0) is 16.0 Å². The molecule has 3 aliphatic heterocycles. The first-order valence-electron chi connectivity index (χ1n) is 12.1. The van der Waals surface area contributed by atoms with Crippen molar-refractivity contribution >= 4 is 17.1 Å². The van der Waals surface area contributed by atoms with E-state index in [1.165, 1.54) is 0 Å². The number of fused-ring (bicyclic) bond motifs is 2. The quantitative estimate of drug-likeness (QED) is 0.272. The summed E-state index contributed by atoms with van der Waals surface area (Å²) in [6.07, 6.45) is -4.22. The number of hydrogen-bond acceptors (Lipinski definition) is 9. The number of hydrogen-bond donors (Lipinski definition) is 4. The molecule has 0 saturated carbocycles. The molecule has 1 fully saturated rings. The molecule has 0 amide bonds. The van der Waals surface area contributed by atoms with Crippen LogP contribution >= 0.6 is 0 Å². The molecule has 5 atom stereocenters. The summed E-state index contributed by atoms with van der Waals surface area (Å²) in [6, 6.07) is 10.9. The third-order valence-electron chi connectivity index (χ3n) is 6.89. The van der Waals surface area contributed by atoms with E-state index < -0.39 is 48.6 Å². The van der Waals surface area contributed by atoms with Gasteiger partial charge in [0.1, 0.15) is 24.4 Å². The van der Waals surface area contributed by atoms with Crippen LogP contribution in [-0.4, -0.2) is 65.9 Å². The second kappa shape index (κ2) is 10.2. The fourth-order valence-corrected chi connectivity index (χ4v) is 4.64. The molecule has 0 bridgehead atoms. The van der Waals surface area contributed by atoms with Gasteiger partial charge in [-0.25, -0.2) is 9.78 Å². The number of rotatable bonds is 6. The fourth-order valence-electron chi connectivity index (χ4n) is 4.64. The third kappa shape index (κ3) is 4.66. The van der Waals surface area contributed by atoms with Crippen LogP contribution in [0.15, 0.2) is 52.6 Å². The maximum Gasteiger partial charge on any atom is 0.349 e. The minimum Gasteiger partial charge on any atom is -0.394 e. The lowest BCUT2D eigenvalue weighted by atomic mass is 10.00. The molecule has 0 aromatic heterocycles. The first-order chi connectivity index (χ1) is 18.2. The molecule has 1 saturated heterocycles. The van der Waals surface area contributed by atoms with E-state index in [1.54, 1.807) is 22.8 Å². The number of aryl methyl sites for hydroxylation is 2. The molecular weight excluding hydrogens is 492 g/mol. The predicted octanol–water partition coefficient (Wildman–Crippen LogP) is 1.04. The summed E-state index contributed by atoms with van der Waals surface area (Å²) in [6.45, 7) is 6.88. The highest BCUT2D eigenvalue weighted by Gasteiger charge is 2.43. The fraction of sp³-hybridized carbons (Fsp3) is 0.333. The van der Waals surface area contributed by atoms with E-state index in [0.29, 0.717) is 16.6 Å². The molecule has 1 unspecified atom stereocenters. The smallest absolute Gasteiger partial charge is 0.349 e. The molecule has 11 heteroatoms. The molecule has 3 aliphatic rings. The Morgan fingerprint density at radius 2 is 1.84 bits per heavy atom. The highest BCUT2D eigenvalue weighted by atomic mass is 16.7. The lowest BCUT2D eigenvalue weighted by molar-refractivity contribution is -0.308. The van der Waals surface area contributed by atoms with Crippen molar-refractivity contribution in [2.45, 2.75) is 51.1 Å². The van der Waals surface area contributed by atoms with Crippen molar-refractivity contribution in [2.75, 3.05) is 6.61 Å². The first kappa shape index (κ1) is 25.9. The van der Waals surface area contributed by atoms with E-state index in [2.05, 4.69) is 21.5 Å². The van der Waals surface area contributed by atoms with E-state index in [9.17, 15) is 24.9 Å². The number of aliphatic hydroxyl groups is 3.